The molecule has 0 atom stereocenters. The van der Waals surface area contributed by atoms with Crippen LogP contribution in [0.25, 0.3) is 16.8 Å². The van der Waals surface area contributed by atoms with Crippen LogP contribution >= 0.6 is 11.6 Å². The second-order valence-corrected chi connectivity index (χ2v) is 8.02. The molecule has 0 aromatic heterocycles. The molecule has 0 bridgehead atoms. The first-order valence-corrected chi connectivity index (χ1v) is 10.8. The molecule has 5 rings (SSSR count). The zero-order valence-electron chi connectivity index (χ0n) is 17.5. The molecule has 4 aromatic carbocycles. The molecule has 0 radical (unpaired) electrons. The van der Waals surface area contributed by atoms with Crippen molar-refractivity contribution in [2.45, 2.75) is 6.61 Å². The minimum Gasteiger partial charge on any atom is -0.488 e. The minimum atomic E-state index is -0.483. The number of carbonyl (C=O) groups excluding carboxylic acids is 2. The summed E-state index contributed by atoms with van der Waals surface area (Å²) in [7, 11) is 0. The van der Waals surface area contributed by atoms with Crippen molar-refractivity contribution < 1.29 is 14.3 Å². The summed E-state index contributed by atoms with van der Waals surface area (Å²) in [6, 6.07) is 28.2. The van der Waals surface area contributed by atoms with E-state index in [1.165, 1.54) is 11.1 Å². The number of nitrogens with one attached hydrogen (secondary N) is 1. The highest BCUT2D eigenvalue weighted by Crippen LogP contribution is 2.29. The third-order valence-corrected chi connectivity index (χ3v) is 5.68. The van der Waals surface area contributed by atoms with Gasteiger partial charge >= 0.3 is 0 Å². The molecule has 5 nitrogen and oxygen atoms in total. The van der Waals surface area contributed by atoms with Crippen molar-refractivity contribution in [3.63, 3.8) is 0 Å². The largest absolute Gasteiger partial charge is 0.488 e. The first kappa shape index (κ1) is 20.8. The number of carbonyl (C=O) groups is 2. The van der Waals surface area contributed by atoms with Crippen LogP contribution in [0.5, 0.6) is 5.75 Å². The second kappa shape index (κ2) is 8.81. The number of para-hydroxylation sites is 1. The lowest BCUT2D eigenvalue weighted by atomic mass is 10.1. The van der Waals surface area contributed by atoms with E-state index in [1.54, 1.807) is 42.5 Å². The van der Waals surface area contributed by atoms with Gasteiger partial charge in [-0.25, -0.2) is 5.01 Å². The highest BCUT2D eigenvalue weighted by molar-refractivity contribution is 6.32. The molecule has 0 aliphatic carbocycles. The van der Waals surface area contributed by atoms with Gasteiger partial charge in [-0.05, 0) is 52.7 Å². The summed E-state index contributed by atoms with van der Waals surface area (Å²) in [6.45, 7) is 0.329. The average molecular weight is 455 g/mol. The SMILES string of the molecule is O=C1NN(c2ccccc2)C(=O)/C1=C\c1cc(Cl)ccc1OCc1cccc2ccccc12. The van der Waals surface area contributed by atoms with Crippen LogP contribution in [0.15, 0.2) is 96.6 Å². The van der Waals surface area contributed by atoms with Gasteiger partial charge in [-0.1, -0.05) is 72.3 Å². The monoisotopic (exact) mass is 454 g/mol. The molecule has 1 N–H and O–H groups in total. The Kier molecular flexibility index (Phi) is 5.55. The van der Waals surface area contributed by atoms with Crippen molar-refractivity contribution in [2.75, 3.05) is 5.01 Å². The van der Waals surface area contributed by atoms with Gasteiger partial charge in [0.1, 0.15) is 17.9 Å². The van der Waals surface area contributed by atoms with E-state index in [1.807, 2.05) is 30.3 Å². The molecular weight excluding hydrogens is 436 g/mol. The van der Waals surface area contributed by atoms with E-state index in [0.717, 1.165) is 16.3 Å². The number of nitrogens with zero attached hydrogens (tertiary/aromatic N) is 1. The van der Waals surface area contributed by atoms with E-state index in [-0.39, 0.29) is 5.57 Å². The summed E-state index contributed by atoms with van der Waals surface area (Å²) in [5, 5.41) is 3.95. The molecule has 6 heteroatoms. The molecule has 1 heterocycles. The number of amides is 2. The van der Waals surface area contributed by atoms with Gasteiger partial charge in [-0.3, -0.25) is 15.0 Å². The quantitative estimate of drug-likeness (QED) is 0.318. The molecular formula is C27H19ClN2O3. The minimum absolute atomic E-state index is 0.0103. The maximum absolute atomic E-state index is 12.9. The zero-order valence-corrected chi connectivity index (χ0v) is 18.3. The van der Waals surface area contributed by atoms with E-state index in [2.05, 4.69) is 23.6 Å². The number of hydrazine groups is 1. The lowest BCUT2D eigenvalue weighted by Gasteiger charge is -2.14. The van der Waals surface area contributed by atoms with Gasteiger partial charge in [0.05, 0.1) is 5.69 Å². The van der Waals surface area contributed by atoms with Crippen molar-refractivity contribution in [1.82, 2.24) is 5.43 Å². The van der Waals surface area contributed by atoms with Gasteiger partial charge in [0.2, 0.25) is 0 Å². The van der Waals surface area contributed by atoms with Gasteiger partial charge in [-0.2, -0.15) is 0 Å². The van der Waals surface area contributed by atoms with Crippen LogP contribution in [0.1, 0.15) is 11.1 Å². The predicted octanol–water partition coefficient (Wildman–Crippen LogP) is 5.53. The van der Waals surface area contributed by atoms with Gasteiger partial charge in [0, 0.05) is 10.6 Å². The Morgan fingerprint density at radius 3 is 2.48 bits per heavy atom. The van der Waals surface area contributed by atoms with Crippen molar-refractivity contribution in [1.29, 1.82) is 0 Å². The lowest BCUT2D eigenvalue weighted by molar-refractivity contribution is -0.117. The molecule has 4 aromatic rings. The molecule has 2 amide bonds. The fourth-order valence-corrected chi connectivity index (χ4v) is 3.99. The summed E-state index contributed by atoms with van der Waals surface area (Å²) >= 11 is 6.21. The highest BCUT2D eigenvalue weighted by atomic mass is 35.5. The average Bonchev–Trinajstić information content (AvgIpc) is 3.12. The Labute approximate surface area is 195 Å². The van der Waals surface area contributed by atoms with Gasteiger partial charge in [-0.15, -0.1) is 0 Å². The van der Waals surface area contributed by atoms with Crippen LogP contribution in [0.3, 0.4) is 0 Å². The summed E-state index contributed by atoms with van der Waals surface area (Å²) in [6.07, 6.45) is 1.52. The van der Waals surface area contributed by atoms with E-state index in [4.69, 9.17) is 16.3 Å². The standard InChI is InChI=1S/C27H19ClN2O3/c28-21-13-14-25(33-17-19-9-6-8-18-7-4-5-12-23(18)19)20(15-21)16-24-26(31)29-30(27(24)32)22-10-2-1-3-11-22/h1-16H,17H2,(H,29,31)/b24-16-. The molecule has 0 saturated carbocycles. The number of halogens is 1. The number of hydrogen-bond donors (Lipinski definition) is 1. The second-order valence-electron chi connectivity index (χ2n) is 7.58. The normalized spacial score (nSPS) is 14.7. The van der Waals surface area contributed by atoms with Crippen molar-refractivity contribution in [3.8, 4) is 5.75 Å². The molecule has 0 spiro atoms. The Balaban J connectivity index is 1.45. The van der Waals surface area contributed by atoms with Crippen molar-refractivity contribution >= 4 is 46.0 Å². The Hall–Kier alpha value is -4.09. The number of ether oxygens (including phenoxy) is 1. The zero-order chi connectivity index (χ0) is 22.8. The van der Waals surface area contributed by atoms with E-state index < -0.39 is 11.8 Å². The third kappa shape index (κ3) is 4.19. The summed E-state index contributed by atoms with van der Waals surface area (Å²) in [5.41, 5.74) is 4.78. The first-order chi connectivity index (χ1) is 16.1. The van der Waals surface area contributed by atoms with Crippen LogP contribution in [0, 0.1) is 0 Å². The van der Waals surface area contributed by atoms with E-state index in [9.17, 15) is 9.59 Å². The summed E-state index contributed by atoms with van der Waals surface area (Å²) in [5.74, 6) is -0.395. The molecule has 1 fully saturated rings. The number of hydrogen-bond acceptors (Lipinski definition) is 3. The molecule has 0 unspecified atom stereocenters. The van der Waals surface area contributed by atoms with E-state index >= 15 is 0 Å². The number of anilines is 1. The van der Waals surface area contributed by atoms with E-state index in [0.29, 0.717) is 28.6 Å². The van der Waals surface area contributed by atoms with Crippen LogP contribution in [-0.4, -0.2) is 11.8 Å². The van der Waals surface area contributed by atoms with Crippen LogP contribution < -0.4 is 15.2 Å². The molecule has 1 aliphatic heterocycles. The maximum atomic E-state index is 12.9. The Bertz CT molecular complexity index is 1390. The van der Waals surface area contributed by atoms with Crippen LogP contribution in [0.2, 0.25) is 5.02 Å². The molecule has 33 heavy (non-hydrogen) atoms. The number of fused-ring (bicyclic) bond motifs is 1. The molecule has 1 saturated heterocycles. The smallest absolute Gasteiger partial charge is 0.282 e. The first-order valence-electron chi connectivity index (χ1n) is 10.4. The number of benzene rings is 4. The molecule has 1 aliphatic rings. The highest BCUT2D eigenvalue weighted by Gasteiger charge is 2.34. The predicted molar refractivity (Wildman–Crippen MR) is 130 cm³/mol. The van der Waals surface area contributed by atoms with Gasteiger partial charge in [0.15, 0.2) is 0 Å². The van der Waals surface area contributed by atoms with Crippen LogP contribution in [-0.2, 0) is 16.2 Å². The van der Waals surface area contributed by atoms with Crippen LogP contribution in [0.4, 0.5) is 5.69 Å². The topological polar surface area (TPSA) is 58.6 Å². The summed E-state index contributed by atoms with van der Waals surface area (Å²) < 4.78 is 6.12. The third-order valence-electron chi connectivity index (χ3n) is 5.44. The molecule has 162 valence electrons. The van der Waals surface area contributed by atoms with Gasteiger partial charge in [0.25, 0.3) is 11.8 Å². The Morgan fingerprint density at radius 2 is 1.64 bits per heavy atom. The number of rotatable bonds is 5. The lowest BCUT2D eigenvalue weighted by Crippen LogP contribution is -2.35. The van der Waals surface area contributed by atoms with Crippen molar-refractivity contribution in [2.24, 2.45) is 0 Å². The van der Waals surface area contributed by atoms with Gasteiger partial charge < -0.3 is 4.74 Å². The fraction of sp³-hybridized carbons (Fsp3) is 0.0370. The Morgan fingerprint density at radius 1 is 0.879 bits per heavy atom. The van der Waals surface area contributed by atoms with Crippen molar-refractivity contribution in [3.05, 3.63) is 113 Å². The summed E-state index contributed by atoms with van der Waals surface area (Å²) in [4.78, 5) is 25.5. The maximum Gasteiger partial charge on any atom is 0.282 e. The fourth-order valence-electron chi connectivity index (χ4n) is 3.81.